The normalized spacial score (nSPS) is 17.8. The maximum atomic E-state index is 14.3. The Morgan fingerprint density at radius 1 is 0.958 bits per heavy atom. The van der Waals surface area contributed by atoms with Gasteiger partial charge in [0.15, 0.2) is 0 Å². The van der Waals surface area contributed by atoms with E-state index in [1.807, 2.05) is 39.6 Å². The SMILES string of the molecule is CCCCc1cc(Oc2[c-]c3c(cc2)c2ccccc2n3-c2cc(F)ccn2)[c-]c(-n2nc(C)c(C3C(C)=C[C@H](C)C[C@@H]3C)c2C)c1.[Pt+2]. The van der Waals surface area contributed by atoms with Crippen molar-refractivity contribution < 1.29 is 30.2 Å². The Morgan fingerprint density at radius 2 is 1.77 bits per heavy atom. The quantitative estimate of drug-likeness (QED) is 0.114. The first-order chi connectivity index (χ1) is 22.7. The van der Waals surface area contributed by atoms with Crippen molar-refractivity contribution in [2.45, 2.75) is 73.1 Å². The summed E-state index contributed by atoms with van der Waals surface area (Å²) in [7, 11) is 0. The first kappa shape index (κ1) is 33.9. The number of nitrogens with zero attached hydrogens (tertiary/aromatic N) is 4. The minimum atomic E-state index is -0.342. The summed E-state index contributed by atoms with van der Waals surface area (Å²) in [5.74, 6) is 2.82. The molecule has 7 rings (SSSR count). The van der Waals surface area contributed by atoms with Gasteiger partial charge in [-0.2, -0.15) is 16.7 Å². The molecule has 0 bridgehead atoms. The monoisotopic (exact) mass is 819 g/mol. The summed E-state index contributed by atoms with van der Waals surface area (Å²) >= 11 is 0. The third kappa shape index (κ3) is 6.28. The third-order valence-electron chi connectivity index (χ3n) is 9.66. The Labute approximate surface area is 297 Å². The van der Waals surface area contributed by atoms with Gasteiger partial charge >= 0.3 is 21.1 Å². The molecule has 3 heterocycles. The summed E-state index contributed by atoms with van der Waals surface area (Å²) in [6, 6.07) is 26.1. The standard InChI is InChI=1S/C41H41FN4O.Pt/c1-7-8-11-30-20-32(46-29(6)41(28(5)44-46)40-26(3)18-25(2)19-27(40)4)23-34(21-30)47-33-14-15-36-35-12-9-10-13-37(35)45(38(36)24-33)39-22-31(42)16-17-43-39;/h9-10,12-18,20-22,25,27,40H,7-8,11,19H2,1-6H3;/q-2;+2/t25-,27-,40?;/m0./s1. The van der Waals surface area contributed by atoms with Crippen LogP contribution in [0.15, 0.2) is 78.5 Å². The molecule has 0 spiro atoms. The number of fused-ring (bicyclic) bond motifs is 3. The smallest absolute Gasteiger partial charge is 0.509 e. The molecule has 0 amide bonds. The number of ether oxygens (including phenoxy) is 1. The molecule has 3 aromatic heterocycles. The van der Waals surface area contributed by atoms with Crippen LogP contribution in [0.3, 0.4) is 0 Å². The predicted octanol–water partition coefficient (Wildman–Crippen LogP) is 10.6. The van der Waals surface area contributed by atoms with E-state index in [1.165, 1.54) is 41.5 Å². The molecule has 248 valence electrons. The number of hydrogen-bond acceptors (Lipinski definition) is 3. The molecule has 7 heteroatoms. The van der Waals surface area contributed by atoms with Crippen molar-refractivity contribution in [1.29, 1.82) is 0 Å². The van der Waals surface area contributed by atoms with Crippen molar-refractivity contribution in [2.24, 2.45) is 11.8 Å². The number of para-hydroxylation sites is 1. The van der Waals surface area contributed by atoms with Crippen molar-refractivity contribution in [2.75, 3.05) is 0 Å². The van der Waals surface area contributed by atoms with Gasteiger partial charge in [-0.15, -0.1) is 35.7 Å². The van der Waals surface area contributed by atoms with Crippen molar-refractivity contribution in [3.05, 3.63) is 119 Å². The fourth-order valence-corrected chi connectivity index (χ4v) is 7.73. The van der Waals surface area contributed by atoms with Crippen LogP contribution in [0.25, 0.3) is 33.3 Å². The fourth-order valence-electron chi connectivity index (χ4n) is 7.73. The Balaban J connectivity index is 0.00000401. The summed E-state index contributed by atoms with van der Waals surface area (Å²) < 4.78 is 24.9. The van der Waals surface area contributed by atoms with E-state index >= 15 is 0 Å². The van der Waals surface area contributed by atoms with E-state index in [9.17, 15) is 4.39 Å². The van der Waals surface area contributed by atoms with Gasteiger partial charge in [-0.25, -0.2) is 9.37 Å². The first-order valence-electron chi connectivity index (χ1n) is 16.8. The van der Waals surface area contributed by atoms with Gasteiger partial charge in [0.25, 0.3) is 0 Å². The number of allylic oxidation sites excluding steroid dienone is 2. The van der Waals surface area contributed by atoms with Crippen molar-refractivity contribution in [3.63, 3.8) is 0 Å². The van der Waals surface area contributed by atoms with E-state index in [4.69, 9.17) is 9.84 Å². The molecule has 0 fully saturated rings. The van der Waals surface area contributed by atoms with Gasteiger partial charge in [0.05, 0.1) is 5.69 Å². The van der Waals surface area contributed by atoms with E-state index in [2.05, 4.69) is 82.9 Å². The Bertz CT molecular complexity index is 2140. The number of hydrogen-bond donors (Lipinski definition) is 0. The molecule has 1 aliphatic carbocycles. The van der Waals surface area contributed by atoms with Crippen LogP contribution in [0.5, 0.6) is 11.5 Å². The van der Waals surface area contributed by atoms with E-state index in [0.717, 1.165) is 58.1 Å². The van der Waals surface area contributed by atoms with Crippen LogP contribution in [0.1, 0.15) is 75.4 Å². The van der Waals surface area contributed by atoms with Gasteiger partial charge in [0.1, 0.15) is 11.6 Å². The van der Waals surface area contributed by atoms with Crippen molar-refractivity contribution in [1.82, 2.24) is 19.3 Å². The second-order valence-electron chi connectivity index (χ2n) is 13.3. The van der Waals surface area contributed by atoms with Gasteiger partial charge < -0.3 is 9.30 Å². The average molecular weight is 820 g/mol. The molecule has 1 aliphatic rings. The van der Waals surface area contributed by atoms with E-state index in [1.54, 1.807) is 0 Å². The zero-order valence-corrected chi connectivity index (χ0v) is 30.7. The van der Waals surface area contributed by atoms with Crippen LogP contribution in [-0.4, -0.2) is 19.3 Å². The summed E-state index contributed by atoms with van der Waals surface area (Å²) in [5, 5.41) is 7.12. The van der Waals surface area contributed by atoms with Gasteiger partial charge in [0.2, 0.25) is 0 Å². The van der Waals surface area contributed by atoms with Crippen LogP contribution in [0.4, 0.5) is 4.39 Å². The number of unbranched alkanes of at least 4 members (excludes halogenated alkanes) is 1. The molecule has 0 saturated carbocycles. The molecule has 3 atom stereocenters. The van der Waals surface area contributed by atoms with Crippen molar-refractivity contribution in [3.8, 4) is 23.0 Å². The maximum absolute atomic E-state index is 14.3. The molecular formula is C41H41FN4OPt. The summed E-state index contributed by atoms with van der Waals surface area (Å²) in [6.07, 6.45) is 8.20. The summed E-state index contributed by atoms with van der Waals surface area (Å²) in [4.78, 5) is 4.49. The molecule has 0 saturated heterocycles. The van der Waals surface area contributed by atoms with Crippen LogP contribution in [-0.2, 0) is 27.5 Å². The van der Waals surface area contributed by atoms with Crippen LogP contribution in [0.2, 0.25) is 0 Å². The number of benzene rings is 3. The molecule has 6 aromatic rings. The zero-order valence-electron chi connectivity index (χ0n) is 28.4. The second-order valence-corrected chi connectivity index (χ2v) is 13.3. The minimum Gasteiger partial charge on any atom is -0.509 e. The second kappa shape index (κ2) is 13.8. The molecule has 5 nitrogen and oxygen atoms in total. The summed E-state index contributed by atoms with van der Waals surface area (Å²) in [6.45, 7) is 13.5. The van der Waals surface area contributed by atoms with E-state index in [-0.39, 0.29) is 26.9 Å². The number of pyridine rings is 1. The minimum absolute atomic E-state index is 0. The zero-order chi connectivity index (χ0) is 32.8. The molecule has 0 N–H and O–H groups in total. The van der Waals surface area contributed by atoms with E-state index < -0.39 is 0 Å². The number of rotatable bonds is 8. The van der Waals surface area contributed by atoms with Gasteiger partial charge in [-0.3, -0.25) is 4.68 Å². The van der Waals surface area contributed by atoms with Crippen LogP contribution in [0, 0.1) is 43.6 Å². The topological polar surface area (TPSA) is 44.9 Å². The van der Waals surface area contributed by atoms with Crippen molar-refractivity contribution >= 4 is 21.8 Å². The van der Waals surface area contributed by atoms with Gasteiger partial charge in [0, 0.05) is 46.5 Å². The maximum Gasteiger partial charge on any atom is 2.00 e. The van der Waals surface area contributed by atoms with Crippen LogP contribution < -0.4 is 4.74 Å². The predicted molar refractivity (Wildman–Crippen MR) is 187 cm³/mol. The molecule has 1 unspecified atom stereocenters. The number of halogens is 1. The molecule has 0 aliphatic heterocycles. The molecule has 3 aromatic carbocycles. The fraction of sp³-hybridized carbons (Fsp3) is 0.317. The first-order valence-corrected chi connectivity index (χ1v) is 16.8. The molecular weight excluding hydrogens is 779 g/mol. The van der Waals surface area contributed by atoms with Gasteiger partial charge in [-0.05, 0) is 62.2 Å². The van der Waals surface area contributed by atoms with E-state index in [0.29, 0.717) is 35.1 Å². The average Bonchev–Trinajstić information content (AvgIpc) is 3.52. The number of aromatic nitrogens is 4. The molecule has 0 radical (unpaired) electrons. The largest absolute Gasteiger partial charge is 2.00 e. The number of aryl methyl sites for hydroxylation is 2. The Hall–Kier alpha value is -4.02. The molecule has 48 heavy (non-hydrogen) atoms. The Morgan fingerprint density at radius 3 is 2.54 bits per heavy atom. The van der Waals surface area contributed by atoms with Crippen LogP contribution >= 0.6 is 0 Å². The van der Waals surface area contributed by atoms with Gasteiger partial charge in [-0.1, -0.05) is 75.4 Å². The summed E-state index contributed by atoms with van der Waals surface area (Å²) in [5.41, 5.74) is 8.72. The Kier molecular flexibility index (Phi) is 9.76. The third-order valence-corrected chi connectivity index (χ3v) is 9.66.